The van der Waals surface area contributed by atoms with Crippen LogP contribution < -0.4 is 10.6 Å². The maximum atomic E-state index is 11.7. The second-order valence-corrected chi connectivity index (χ2v) is 6.31. The summed E-state index contributed by atoms with van der Waals surface area (Å²) in [5.74, 6) is 1.12. The summed E-state index contributed by atoms with van der Waals surface area (Å²) in [7, 11) is 1.69. The minimum absolute atomic E-state index is 0.0777. The standard InChI is InChI=1S/C14H20N2OS/c1-14(2,13(17)15-3)9-16-11-8-18-12-7-5-4-6-10(11)12/h4-7,11,16H,8-9H2,1-3H3,(H,15,17). The maximum Gasteiger partial charge on any atom is 0.226 e. The predicted molar refractivity (Wildman–Crippen MR) is 75.8 cm³/mol. The molecule has 2 rings (SSSR count). The van der Waals surface area contributed by atoms with Gasteiger partial charge >= 0.3 is 0 Å². The first-order chi connectivity index (χ1) is 8.54. The van der Waals surface area contributed by atoms with E-state index in [1.807, 2.05) is 25.6 Å². The quantitative estimate of drug-likeness (QED) is 0.876. The number of benzene rings is 1. The number of rotatable bonds is 4. The van der Waals surface area contributed by atoms with E-state index in [9.17, 15) is 4.79 Å². The Labute approximate surface area is 113 Å². The number of nitrogens with one attached hydrogen (secondary N) is 2. The summed E-state index contributed by atoms with van der Waals surface area (Å²) >= 11 is 1.88. The Hall–Kier alpha value is -1.00. The second-order valence-electron chi connectivity index (χ2n) is 5.25. The minimum atomic E-state index is -0.378. The summed E-state index contributed by atoms with van der Waals surface area (Å²) in [6, 6.07) is 8.83. The van der Waals surface area contributed by atoms with E-state index in [0.717, 1.165) is 5.75 Å². The predicted octanol–water partition coefficient (Wildman–Crippen LogP) is 2.20. The molecule has 0 saturated heterocycles. The molecular formula is C14H20N2OS. The monoisotopic (exact) mass is 264 g/mol. The lowest BCUT2D eigenvalue weighted by Crippen LogP contribution is -2.43. The van der Waals surface area contributed by atoms with Crippen LogP contribution in [-0.2, 0) is 4.79 Å². The molecule has 1 heterocycles. The topological polar surface area (TPSA) is 41.1 Å². The SMILES string of the molecule is CNC(=O)C(C)(C)CNC1CSc2ccccc21. The van der Waals surface area contributed by atoms with Crippen molar-refractivity contribution in [3.8, 4) is 0 Å². The van der Waals surface area contributed by atoms with Gasteiger partial charge in [-0.2, -0.15) is 0 Å². The molecule has 18 heavy (non-hydrogen) atoms. The van der Waals surface area contributed by atoms with E-state index < -0.39 is 0 Å². The summed E-state index contributed by atoms with van der Waals surface area (Å²) in [4.78, 5) is 13.1. The molecule has 0 spiro atoms. The van der Waals surface area contributed by atoms with Crippen molar-refractivity contribution in [2.75, 3.05) is 19.3 Å². The summed E-state index contributed by atoms with van der Waals surface area (Å²) in [6.07, 6.45) is 0. The van der Waals surface area contributed by atoms with Gasteiger partial charge in [-0.1, -0.05) is 18.2 Å². The molecule has 1 unspecified atom stereocenters. The van der Waals surface area contributed by atoms with Crippen molar-refractivity contribution in [2.24, 2.45) is 5.41 Å². The smallest absolute Gasteiger partial charge is 0.226 e. The van der Waals surface area contributed by atoms with Crippen molar-refractivity contribution in [3.63, 3.8) is 0 Å². The van der Waals surface area contributed by atoms with Gasteiger partial charge in [0.2, 0.25) is 5.91 Å². The Morgan fingerprint density at radius 3 is 2.89 bits per heavy atom. The first-order valence-corrected chi connectivity index (χ1v) is 7.20. The Kier molecular flexibility index (Phi) is 3.97. The molecule has 4 heteroatoms. The van der Waals surface area contributed by atoms with Crippen LogP contribution in [0.4, 0.5) is 0 Å². The Bertz CT molecular complexity index is 445. The molecule has 1 aromatic carbocycles. The van der Waals surface area contributed by atoms with E-state index in [4.69, 9.17) is 0 Å². The fourth-order valence-electron chi connectivity index (χ4n) is 2.13. The molecule has 1 atom stereocenters. The van der Waals surface area contributed by atoms with Gasteiger partial charge in [0.15, 0.2) is 0 Å². The van der Waals surface area contributed by atoms with E-state index in [-0.39, 0.29) is 11.3 Å². The van der Waals surface area contributed by atoms with E-state index in [0.29, 0.717) is 12.6 Å². The summed E-state index contributed by atoms with van der Waals surface area (Å²) in [6.45, 7) is 4.62. The third kappa shape index (κ3) is 2.70. The molecule has 0 saturated carbocycles. The fraction of sp³-hybridized carbons (Fsp3) is 0.500. The molecule has 3 nitrogen and oxygen atoms in total. The molecule has 2 N–H and O–H groups in total. The Morgan fingerprint density at radius 2 is 2.17 bits per heavy atom. The number of hydrogen-bond acceptors (Lipinski definition) is 3. The highest BCUT2D eigenvalue weighted by Gasteiger charge is 2.29. The van der Waals surface area contributed by atoms with Crippen molar-refractivity contribution in [1.82, 2.24) is 10.6 Å². The van der Waals surface area contributed by atoms with Crippen LogP contribution in [0, 0.1) is 5.41 Å². The van der Waals surface area contributed by atoms with Crippen LogP contribution in [0.5, 0.6) is 0 Å². The molecule has 1 aliphatic rings. The fourth-order valence-corrected chi connectivity index (χ4v) is 3.32. The van der Waals surface area contributed by atoms with Gasteiger partial charge in [0, 0.05) is 30.3 Å². The Balaban J connectivity index is 1.99. The van der Waals surface area contributed by atoms with E-state index in [1.165, 1.54) is 10.5 Å². The molecule has 0 aliphatic carbocycles. The van der Waals surface area contributed by atoms with Crippen molar-refractivity contribution in [1.29, 1.82) is 0 Å². The molecule has 0 aromatic heterocycles. The highest BCUT2D eigenvalue weighted by Crippen LogP contribution is 2.37. The number of carbonyl (C=O) groups is 1. The molecule has 1 aliphatic heterocycles. The highest BCUT2D eigenvalue weighted by molar-refractivity contribution is 7.99. The minimum Gasteiger partial charge on any atom is -0.359 e. The Morgan fingerprint density at radius 1 is 1.44 bits per heavy atom. The summed E-state index contributed by atoms with van der Waals surface area (Å²) in [5, 5.41) is 6.23. The van der Waals surface area contributed by atoms with Gasteiger partial charge in [-0.25, -0.2) is 0 Å². The molecular weight excluding hydrogens is 244 g/mol. The average Bonchev–Trinajstić information content (AvgIpc) is 2.78. The lowest BCUT2D eigenvalue weighted by Gasteiger charge is -2.25. The van der Waals surface area contributed by atoms with E-state index in [1.54, 1.807) is 7.05 Å². The third-order valence-electron chi connectivity index (χ3n) is 3.33. The van der Waals surface area contributed by atoms with Crippen LogP contribution in [0.1, 0.15) is 25.5 Å². The number of thioether (sulfide) groups is 1. The maximum absolute atomic E-state index is 11.7. The van der Waals surface area contributed by atoms with E-state index in [2.05, 4.69) is 34.9 Å². The van der Waals surface area contributed by atoms with Gasteiger partial charge < -0.3 is 10.6 Å². The summed E-state index contributed by atoms with van der Waals surface area (Å²) in [5.41, 5.74) is 0.979. The van der Waals surface area contributed by atoms with Crippen LogP contribution >= 0.6 is 11.8 Å². The normalized spacial score (nSPS) is 18.5. The van der Waals surface area contributed by atoms with Crippen molar-refractivity contribution in [3.05, 3.63) is 29.8 Å². The highest BCUT2D eigenvalue weighted by atomic mass is 32.2. The van der Waals surface area contributed by atoms with Crippen LogP contribution in [-0.4, -0.2) is 25.3 Å². The third-order valence-corrected chi connectivity index (χ3v) is 4.51. The van der Waals surface area contributed by atoms with Crippen molar-refractivity contribution < 1.29 is 4.79 Å². The lowest BCUT2D eigenvalue weighted by molar-refractivity contribution is -0.128. The molecule has 0 radical (unpaired) electrons. The largest absolute Gasteiger partial charge is 0.359 e. The van der Waals surface area contributed by atoms with Crippen molar-refractivity contribution >= 4 is 17.7 Å². The number of amides is 1. The number of fused-ring (bicyclic) bond motifs is 1. The van der Waals surface area contributed by atoms with Gasteiger partial charge in [0.1, 0.15) is 0 Å². The van der Waals surface area contributed by atoms with Gasteiger partial charge in [-0.15, -0.1) is 11.8 Å². The molecule has 1 aromatic rings. The van der Waals surface area contributed by atoms with Crippen LogP contribution in [0.15, 0.2) is 29.2 Å². The first kappa shape index (κ1) is 13.4. The average molecular weight is 264 g/mol. The van der Waals surface area contributed by atoms with Gasteiger partial charge in [-0.3, -0.25) is 4.79 Å². The second kappa shape index (κ2) is 5.33. The zero-order valence-electron chi connectivity index (χ0n) is 11.1. The number of hydrogen-bond donors (Lipinski definition) is 2. The van der Waals surface area contributed by atoms with Gasteiger partial charge in [0.05, 0.1) is 5.41 Å². The summed E-state index contributed by atoms with van der Waals surface area (Å²) < 4.78 is 0. The molecule has 0 bridgehead atoms. The molecule has 1 amide bonds. The van der Waals surface area contributed by atoms with E-state index >= 15 is 0 Å². The number of carbonyl (C=O) groups excluding carboxylic acids is 1. The van der Waals surface area contributed by atoms with Crippen LogP contribution in [0.2, 0.25) is 0 Å². The molecule has 98 valence electrons. The van der Waals surface area contributed by atoms with Crippen LogP contribution in [0.25, 0.3) is 0 Å². The van der Waals surface area contributed by atoms with Crippen molar-refractivity contribution in [2.45, 2.75) is 24.8 Å². The van der Waals surface area contributed by atoms with Gasteiger partial charge in [-0.05, 0) is 25.5 Å². The lowest BCUT2D eigenvalue weighted by atomic mass is 9.91. The first-order valence-electron chi connectivity index (χ1n) is 6.22. The molecule has 0 fully saturated rings. The zero-order valence-corrected chi connectivity index (χ0v) is 11.9. The van der Waals surface area contributed by atoms with Crippen LogP contribution in [0.3, 0.4) is 0 Å². The van der Waals surface area contributed by atoms with Gasteiger partial charge in [0.25, 0.3) is 0 Å². The zero-order chi connectivity index (χ0) is 13.2.